The van der Waals surface area contributed by atoms with Gasteiger partial charge in [-0.25, -0.2) is 13.1 Å². The summed E-state index contributed by atoms with van der Waals surface area (Å²) in [6.07, 6.45) is 2.88. The van der Waals surface area contributed by atoms with Crippen molar-refractivity contribution in [1.29, 1.82) is 0 Å². The average molecular weight is 587 g/mol. The summed E-state index contributed by atoms with van der Waals surface area (Å²) >= 11 is 12.2. The van der Waals surface area contributed by atoms with Crippen LogP contribution in [0.2, 0.25) is 10.0 Å². The summed E-state index contributed by atoms with van der Waals surface area (Å²) in [7, 11) is -3.97. The van der Waals surface area contributed by atoms with Crippen molar-refractivity contribution in [2.24, 2.45) is 0 Å². The zero-order valence-electron chi connectivity index (χ0n) is 20.9. The minimum Gasteiger partial charge on any atom is -0.506 e. The topological polar surface area (TPSA) is 130 Å². The van der Waals surface area contributed by atoms with Crippen molar-refractivity contribution in [3.8, 4) is 11.4 Å². The number of nitrogens with one attached hydrogen (secondary N) is 2. The number of phenols is 1. The predicted molar refractivity (Wildman–Crippen MR) is 151 cm³/mol. The molecular weight excluding hydrogens is 563 g/mol. The fraction of sp³-hybridized carbons (Fsp3) is 0.148. The van der Waals surface area contributed by atoms with Gasteiger partial charge in [0.05, 0.1) is 38.7 Å². The van der Waals surface area contributed by atoms with Crippen LogP contribution in [0.25, 0.3) is 5.69 Å². The van der Waals surface area contributed by atoms with Gasteiger partial charge in [-0.1, -0.05) is 47.8 Å². The van der Waals surface area contributed by atoms with Crippen molar-refractivity contribution >= 4 is 56.2 Å². The van der Waals surface area contributed by atoms with E-state index in [4.69, 9.17) is 23.2 Å². The third kappa shape index (κ3) is 6.25. The first kappa shape index (κ1) is 28.2. The molecule has 0 fully saturated rings. The highest BCUT2D eigenvalue weighted by Gasteiger charge is 2.33. The number of aromatic nitrogens is 2. The van der Waals surface area contributed by atoms with Crippen LogP contribution in [-0.2, 0) is 14.6 Å². The molecule has 9 nitrogen and oxygen atoms in total. The summed E-state index contributed by atoms with van der Waals surface area (Å²) in [5.74, 6) is -1.75. The first-order valence-corrected chi connectivity index (χ1v) is 14.1. The van der Waals surface area contributed by atoms with Crippen LogP contribution in [0.1, 0.15) is 29.3 Å². The summed E-state index contributed by atoms with van der Waals surface area (Å²) in [5.41, 5.74) is 1.77. The zero-order valence-corrected chi connectivity index (χ0v) is 23.2. The summed E-state index contributed by atoms with van der Waals surface area (Å²) < 4.78 is 27.6. The number of sulfone groups is 1. The number of carbonyl (C=O) groups is 2. The van der Waals surface area contributed by atoms with E-state index >= 15 is 0 Å². The molecule has 0 radical (unpaired) electrons. The Morgan fingerprint density at radius 2 is 1.67 bits per heavy atom. The number of aryl methyl sites for hydroxylation is 1. The number of phenolic OH excluding ortho intramolecular Hbond substituents is 1. The maximum absolute atomic E-state index is 13.1. The molecular formula is C27H24Cl2N4O5S. The molecule has 2 amide bonds. The molecule has 0 aliphatic heterocycles. The van der Waals surface area contributed by atoms with Gasteiger partial charge in [0.2, 0.25) is 5.91 Å². The Kier molecular flexibility index (Phi) is 8.29. The van der Waals surface area contributed by atoms with Crippen LogP contribution >= 0.6 is 23.2 Å². The SMILES string of the molecule is CCC(C(=O)Nc1cc(O)c(NC(=O)c2cnn(-c3ccc(Cl)cc3)c2)cc1Cl)S(=O)(=O)c1ccc(C)cc1. The van der Waals surface area contributed by atoms with Gasteiger partial charge in [0.15, 0.2) is 9.84 Å². The van der Waals surface area contributed by atoms with Gasteiger partial charge in [-0.15, -0.1) is 0 Å². The van der Waals surface area contributed by atoms with E-state index in [-0.39, 0.29) is 39.0 Å². The van der Waals surface area contributed by atoms with Crippen molar-refractivity contribution in [1.82, 2.24) is 9.78 Å². The molecule has 0 spiro atoms. The van der Waals surface area contributed by atoms with Crippen LogP contribution in [-0.4, -0.2) is 40.4 Å². The molecule has 0 aliphatic rings. The minimum absolute atomic E-state index is 0.00900. The predicted octanol–water partition coefficient (Wildman–Crippen LogP) is 5.64. The van der Waals surface area contributed by atoms with Gasteiger partial charge < -0.3 is 15.7 Å². The number of halogens is 2. The molecule has 3 N–H and O–H groups in total. The molecule has 39 heavy (non-hydrogen) atoms. The highest BCUT2D eigenvalue weighted by molar-refractivity contribution is 7.92. The average Bonchev–Trinajstić information content (AvgIpc) is 3.38. The molecule has 1 atom stereocenters. The zero-order chi connectivity index (χ0) is 28.3. The van der Waals surface area contributed by atoms with E-state index in [0.29, 0.717) is 10.7 Å². The third-order valence-electron chi connectivity index (χ3n) is 5.91. The smallest absolute Gasteiger partial charge is 0.258 e. The standard InChI is InChI=1S/C27H24Cl2N4O5S/c1-3-25(39(37,38)20-10-4-16(2)5-11-20)27(36)31-22-13-24(34)23(12-21(22)29)32-26(35)17-14-30-33(15-17)19-8-6-18(28)7-9-19/h4-15,25,34H,3H2,1-2H3,(H,31,36)(H,32,35). The van der Waals surface area contributed by atoms with Gasteiger partial charge in [0, 0.05) is 17.3 Å². The number of anilines is 2. The number of benzene rings is 3. The lowest BCUT2D eigenvalue weighted by molar-refractivity contribution is -0.115. The lowest BCUT2D eigenvalue weighted by atomic mass is 10.2. The largest absolute Gasteiger partial charge is 0.506 e. The lowest BCUT2D eigenvalue weighted by Crippen LogP contribution is -2.34. The second kappa shape index (κ2) is 11.5. The van der Waals surface area contributed by atoms with E-state index < -0.39 is 26.9 Å². The number of carbonyl (C=O) groups excluding carboxylic acids is 2. The Bertz CT molecular complexity index is 1640. The molecule has 0 bridgehead atoms. The molecule has 202 valence electrons. The van der Waals surface area contributed by atoms with Crippen LogP contribution in [0.3, 0.4) is 0 Å². The fourth-order valence-electron chi connectivity index (χ4n) is 3.78. The van der Waals surface area contributed by atoms with E-state index in [1.165, 1.54) is 35.3 Å². The van der Waals surface area contributed by atoms with Gasteiger partial charge >= 0.3 is 0 Å². The molecule has 1 heterocycles. The number of amides is 2. The molecule has 4 rings (SSSR count). The fourth-order valence-corrected chi connectivity index (χ4v) is 5.74. The minimum atomic E-state index is -3.97. The normalized spacial score (nSPS) is 12.1. The van der Waals surface area contributed by atoms with Crippen LogP contribution in [0.15, 0.2) is 78.0 Å². The maximum atomic E-state index is 13.1. The summed E-state index contributed by atoms with van der Waals surface area (Å²) in [6, 6.07) is 15.5. The number of nitrogens with zero attached hydrogens (tertiary/aromatic N) is 2. The van der Waals surface area contributed by atoms with Crippen molar-refractivity contribution in [2.75, 3.05) is 10.6 Å². The summed E-state index contributed by atoms with van der Waals surface area (Å²) in [5, 5.41) is 18.9. The highest BCUT2D eigenvalue weighted by atomic mass is 35.5. The maximum Gasteiger partial charge on any atom is 0.258 e. The Morgan fingerprint density at radius 1 is 1.00 bits per heavy atom. The molecule has 12 heteroatoms. The van der Waals surface area contributed by atoms with Crippen molar-refractivity contribution in [3.63, 3.8) is 0 Å². The van der Waals surface area contributed by atoms with Crippen LogP contribution in [0.5, 0.6) is 5.75 Å². The van der Waals surface area contributed by atoms with Gasteiger partial charge in [-0.3, -0.25) is 9.59 Å². The summed E-state index contributed by atoms with van der Waals surface area (Å²) in [6.45, 7) is 3.41. The molecule has 4 aromatic rings. The Balaban J connectivity index is 1.49. The van der Waals surface area contributed by atoms with Gasteiger partial charge in [0.25, 0.3) is 5.91 Å². The number of rotatable bonds is 8. The highest BCUT2D eigenvalue weighted by Crippen LogP contribution is 2.35. The lowest BCUT2D eigenvalue weighted by Gasteiger charge is -2.17. The van der Waals surface area contributed by atoms with E-state index in [0.717, 1.165) is 11.6 Å². The van der Waals surface area contributed by atoms with E-state index in [1.807, 2.05) is 6.92 Å². The number of hydrogen-bond donors (Lipinski definition) is 3. The summed E-state index contributed by atoms with van der Waals surface area (Å²) in [4.78, 5) is 25.7. The quantitative estimate of drug-likeness (QED) is 0.229. The van der Waals surface area contributed by atoms with E-state index in [2.05, 4.69) is 15.7 Å². The molecule has 1 unspecified atom stereocenters. The van der Waals surface area contributed by atoms with Gasteiger partial charge in [0.1, 0.15) is 11.0 Å². The van der Waals surface area contributed by atoms with Gasteiger partial charge in [-0.05, 0) is 55.8 Å². The van der Waals surface area contributed by atoms with Crippen LogP contribution in [0.4, 0.5) is 11.4 Å². The Hall–Kier alpha value is -3.86. The Labute approximate surface area is 235 Å². The number of hydrogen-bond acceptors (Lipinski definition) is 6. The molecule has 1 aromatic heterocycles. The van der Waals surface area contributed by atoms with E-state index in [9.17, 15) is 23.1 Å². The third-order valence-corrected chi connectivity index (χ3v) is 8.71. The molecule has 0 aliphatic carbocycles. The monoisotopic (exact) mass is 586 g/mol. The second-order valence-corrected chi connectivity index (χ2v) is 11.7. The Morgan fingerprint density at radius 3 is 2.31 bits per heavy atom. The van der Waals surface area contributed by atoms with Crippen molar-refractivity contribution in [3.05, 3.63) is 94.2 Å². The number of aromatic hydroxyl groups is 1. The first-order valence-electron chi connectivity index (χ1n) is 11.8. The van der Waals surface area contributed by atoms with E-state index in [1.54, 1.807) is 43.3 Å². The van der Waals surface area contributed by atoms with Crippen molar-refractivity contribution < 1.29 is 23.1 Å². The first-order chi connectivity index (χ1) is 18.5. The molecule has 0 saturated heterocycles. The molecule has 3 aromatic carbocycles. The van der Waals surface area contributed by atoms with Gasteiger partial charge in [-0.2, -0.15) is 5.10 Å². The van der Waals surface area contributed by atoms with Crippen LogP contribution < -0.4 is 10.6 Å². The second-order valence-electron chi connectivity index (χ2n) is 8.70. The van der Waals surface area contributed by atoms with Crippen LogP contribution in [0, 0.1) is 6.92 Å². The van der Waals surface area contributed by atoms with Crippen molar-refractivity contribution in [2.45, 2.75) is 30.4 Å². The molecule has 0 saturated carbocycles.